The Morgan fingerprint density at radius 2 is 2.06 bits per heavy atom. The molecule has 0 bridgehead atoms. The molecule has 0 saturated heterocycles. The van der Waals surface area contributed by atoms with Crippen LogP contribution in [0.1, 0.15) is 42.2 Å². The van der Waals surface area contributed by atoms with E-state index in [1.54, 1.807) is 23.1 Å². The Morgan fingerprint density at radius 1 is 1.38 bits per heavy atom. The number of Topliss-reactive ketones (excluding diaryl/α,β-unsaturated/α-hetero) is 1. The fraction of sp³-hybridized carbons (Fsp3) is 0.615. The van der Waals surface area contributed by atoms with Crippen LogP contribution < -0.4 is 0 Å². The van der Waals surface area contributed by atoms with Crippen molar-refractivity contribution in [3.05, 3.63) is 21.9 Å². The normalized spacial score (nSPS) is 13.1. The van der Waals surface area contributed by atoms with Crippen molar-refractivity contribution in [2.24, 2.45) is 5.92 Å². The van der Waals surface area contributed by atoms with Crippen molar-refractivity contribution in [2.45, 2.75) is 39.4 Å². The molecule has 1 rings (SSSR count). The Balaban J connectivity index is 2.46. The molecule has 16 heavy (non-hydrogen) atoms. The Morgan fingerprint density at radius 3 is 2.56 bits per heavy atom. The van der Waals surface area contributed by atoms with Gasteiger partial charge in [-0.05, 0) is 24.5 Å². The van der Waals surface area contributed by atoms with E-state index in [0.29, 0.717) is 16.9 Å². The third-order valence-corrected chi connectivity index (χ3v) is 5.47. The molecule has 0 saturated carbocycles. The van der Waals surface area contributed by atoms with Crippen LogP contribution in [0.5, 0.6) is 0 Å². The highest BCUT2D eigenvalue weighted by molar-refractivity contribution is 8.00. The second-order valence-electron chi connectivity index (χ2n) is 4.30. The van der Waals surface area contributed by atoms with Crippen molar-refractivity contribution < 1.29 is 4.79 Å². The van der Waals surface area contributed by atoms with Crippen LogP contribution >= 0.6 is 23.1 Å². The molecule has 1 nitrogen and oxygen atoms in total. The molecule has 0 amide bonds. The fourth-order valence-electron chi connectivity index (χ4n) is 1.19. The molecule has 0 spiro atoms. The van der Waals surface area contributed by atoms with Gasteiger partial charge in [-0.15, -0.1) is 11.3 Å². The smallest absolute Gasteiger partial charge is 0.182 e. The standard InChI is InChI=1S/C13H20OS2/c1-5-11-6-7-13(16-11)12(14)8-15-10(4)9(2)3/h6-7,9-10H,5,8H2,1-4H3. The molecule has 90 valence electrons. The summed E-state index contributed by atoms with van der Waals surface area (Å²) >= 11 is 3.40. The average Bonchev–Trinajstić information content (AvgIpc) is 2.73. The van der Waals surface area contributed by atoms with E-state index >= 15 is 0 Å². The van der Waals surface area contributed by atoms with Gasteiger partial charge in [-0.25, -0.2) is 0 Å². The van der Waals surface area contributed by atoms with Gasteiger partial charge in [0.05, 0.1) is 10.6 Å². The van der Waals surface area contributed by atoms with Gasteiger partial charge in [0.2, 0.25) is 0 Å². The molecule has 0 aliphatic rings. The van der Waals surface area contributed by atoms with Crippen molar-refractivity contribution in [3.63, 3.8) is 0 Å². The zero-order chi connectivity index (χ0) is 12.1. The molecule has 0 aliphatic carbocycles. The lowest BCUT2D eigenvalue weighted by molar-refractivity contribution is 0.102. The Bertz CT molecular complexity index is 341. The second-order valence-corrected chi connectivity index (χ2v) is 6.84. The number of thiophene rings is 1. The van der Waals surface area contributed by atoms with Crippen molar-refractivity contribution >= 4 is 28.9 Å². The molecule has 3 heteroatoms. The van der Waals surface area contributed by atoms with E-state index < -0.39 is 0 Å². The van der Waals surface area contributed by atoms with Crippen molar-refractivity contribution in [3.8, 4) is 0 Å². The summed E-state index contributed by atoms with van der Waals surface area (Å²) < 4.78 is 0. The molecule has 0 aliphatic heterocycles. The van der Waals surface area contributed by atoms with Gasteiger partial charge >= 0.3 is 0 Å². The molecule has 1 unspecified atom stereocenters. The molecule has 1 heterocycles. The lowest BCUT2D eigenvalue weighted by atomic mass is 10.2. The molecule has 0 radical (unpaired) electrons. The average molecular weight is 256 g/mol. The number of thioether (sulfide) groups is 1. The van der Waals surface area contributed by atoms with Gasteiger partial charge in [0, 0.05) is 10.1 Å². The van der Waals surface area contributed by atoms with Crippen molar-refractivity contribution in [1.82, 2.24) is 0 Å². The molecular weight excluding hydrogens is 236 g/mol. The first-order chi connectivity index (χ1) is 7.54. The van der Waals surface area contributed by atoms with Crippen LogP contribution in [0.25, 0.3) is 0 Å². The number of rotatable bonds is 6. The van der Waals surface area contributed by atoms with Gasteiger partial charge in [-0.2, -0.15) is 11.8 Å². The van der Waals surface area contributed by atoms with Gasteiger partial charge in [-0.1, -0.05) is 27.7 Å². The van der Waals surface area contributed by atoms with E-state index in [4.69, 9.17) is 0 Å². The minimum Gasteiger partial charge on any atom is -0.292 e. The summed E-state index contributed by atoms with van der Waals surface area (Å²) in [5.41, 5.74) is 0. The van der Waals surface area contributed by atoms with Crippen molar-refractivity contribution in [1.29, 1.82) is 0 Å². The highest BCUT2D eigenvalue weighted by Crippen LogP contribution is 2.23. The number of hydrogen-bond donors (Lipinski definition) is 0. The Hall–Kier alpha value is -0.280. The van der Waals surface area contributed by atoms with E-state index in [1.807, 2.05) is 6.07 Å². The summed E-state index contributed by atoms with van der Waals surface area (Å²) in [4.78, 5) is 14.1. The summed E-state index contributed by atoms with van der Waals surface area (Å²) in [6.45, 7) is 8.70. The van der Waals surface area contributed by atoms with Crippen LogP contribution in [0.15, 0.2) is 12.1 Å². The van der Waals surface area contributed by atoms with E-state index in [2.05, 4.69) is 33.8 Å². The third kappa shape index (κ3) is 3.95. The Labute approximate surface area is 107 Å². The minimum absolute atomic E-state index is 0.280. The van der Waals surface area contributed by atoms with Crippen LogP contribution in [0.3, 0.4) is 0 Å². The summed E-state index contributed by atoms with van der Waals surface area (Å²) in [5, 5.41) is 0.551. The zero-order valence-corrected chi connectivity index (χ0v) is 12.1. The largest absolute Gasteiger partial charge is 0.292 e. The number of hydrogen-bond acceptors (Lipinski definition) is 3. The van der Waals surface area contributed by atoms with Crippen LogP contribution in [0.4, 0.5) is 0 Å². The summed E-state index contributed by atoms with van der Waals surface area (Å²) in [7, 11) is 0. The first-order valence-corrected chi connectivity index (χ1v) is 7.64. The van der Waals surface area contributed by atoms with E-state index in [1.165, 1.54) is 4.88 Å². The van der Waals surface area contributed by atoms with Crippen molar-refractivity contribution in [2.75, 3.05) is 5.75 Å². The number of carbonyl (C=O) groups is 1. The molecule has 1 atom stereocenters. The van der Waals surface area contributed by atoms with E-state index in [0.717, 1.165) is 11.3 Å². The number of carbonyl (C=O) groups excluding carboxylic acids is 1. The number of aryl methyl sites for hydroxylation is 1. The topological polar surface area (TPSA) is 17.1 Å². The Kier molecular flexibility index (Phi) is 5.56. The number of ketones is 1. The molecule has 0 N–H and O–H groups in total. The monoisotopic (exact) mass is 256 g/mol. The fourth-order valence-corrected chi connectivity index (χ4v) is 3.12. The quantitative estimate of drug-likeness (QED) is 0.707. The van der Waals surface area contributed by atoms with Crippen LogP contribution in [-0.4, -0.2) is 16.8 Å². The second kappa shape index (κ2) is 6.45. The minimum atomic E-state index is 0.280. The van der Waals surface area contributed by atoms with E-state index in [9.17, 15) is 4.79 Å². The molecule has 1 aromatic rings. The summed E-state index contributed by atoms with van der Waals surface area (Å²) in [6, 6.07) is 4.03. The molecule has 1 aromatic heterocycles. The zero-order valence-electron chi connectivity index (χ0n) is 10.4. The first-order valence-electron chi connectivity index (χ1n) is 5.78. The molecule has 0 fully saturated rings. The predicted octanol–water partition coefficient (Wildman–Crippen LogP) is 4.27. The highest BCUT2D eigenvalue weighted by atomic mass is 32.2. The van der Waals surface area contributed by atoms with Gasteiger partial charge < -0.3 is 0 Å². The maximum Gasteiger partial charge on any atom is 0.182 e. The van der Waals surface area contributed by atoms with Gasteiger partial charge in [0.25, 0.3) is 0 Å². The van der Waals surface area contributed by atoms with Gasteiger partial charge in [-0.3, -0.25) is 4.79 Å². The summed E-state index contributed by atoms with van der Waals surface area (Å²) in [5.74, 6) is 1.53. The third-order valence-electron chi connectivity index (χ3n) is 2.70. The van der Waals surface area contributed by atoms with Crippen LogP contribution in [0, 0.1) is 5.92 Å². The van der Waals surface area contributed by atoms with Crippen LogP contribution in [-0.2, 0) is 6.42 Å². The maximum absolute atomic E-state index is 11.9. The van der Waals surface area contributed by atoms with Crippen LogP contribution in [0.2, 0.25) is 0 Å². The first kappa shape index (κ1) is 13.8. The van der Waals surface area contributed by atoms with E-state index in [-0.39, 0.29) is 5.78 Å². The highest BCUT2D eigenvalue weighted by Gasteiger charge is 2.13. The lowest BCUT2D eigenvalue weighted by Crippen LogP contribution is -2.10. The SMILES string of the molecule is CCc1ccc(C(=O)CSC(C)C(C)C)s1. The van der Waals surface area contributed by atoms with Gasteiger partial charge in [0.1, 0.15) is 0 Å². The molecular formula is C13H20OS2. The summed E-state index contributed by atoms with van der Waals surface area (Å²) in [6.07, 6.45) is 1.02. The predicted molar refractivity (Wildman–Crippen MR) is 74.8 cm³/mol. The van der Waals surface area contributed by atoms with Gasteiger partial charge in [0.15, 0.2) is 5.78 Å². The molecule has 0 aromatic carbocycles. The maximum atomic E-state index is 11.9. The lowest BCUT2D eigenvalue weighted by Gasteiger charge is -2.13.